The van der Waals surface area contributed by atoms with Crippen molar-refractivity contribution in [2.75, 3.05) is 7.11 Å². The van der Waals surface area contributed by atoms with Gasteiger partial charge in [-0.3, -0.25) is 10.4 Å². The molecule has 1 aromatic heterocycles. The monoisotopic (exact) mass is 250 g/mol. The molecular weight excluding hydrogens is 236 g/mol. The number of hydrogen-bond acceptors (Lipinski definition) is 4. The first-order chi connectivity index (χ1) is 8.47. The van der Waals surface area contributed by atoms with Gasteiger partial charge in [0.1, 0.15) is 0 Å². The lowest BCUT2D eigenvalue weighted by Gasteiger charge is -2.00. The van der Waals surface area contributed by atoms with Crippen LogP contribution in [-0.2, 0) is 4.74 Å². The van der Waals surface area contributed by atoms with Crippen LogP contribution in [0.15, 0.2) is 18.2 Å². The van der Waals surface area contributed by atoms with E-state index < -0.39 is 5.97 Å². The zero-order chi connectivity index (χ0) is 13.4. The van der Waals surface area contributed by atoms with Gasteiger partial charge in [-0.25, -0.2) is 4.79 Å². The Morgan fingerprint density at radius 1 is 1.11 bits per heavy atom. The van der Waals surface area contributed by atoms with E-state index in [9.17, 15) is 15.2 Å². The van der Waals surface area contributed by atoms with E-state index in [-0.39, 0.29) is 0 Å². The molecule has 0 saturated heterocycles. The molecule has 0 saturated carbocycles. The molecule has 0 spiro atoms. The highest BCUT2D eigenvalue weighted by Crippen LogP contribution is 2.11. The maximum Gasteiger partial charge on any atom is 0.338 e. The standard InChI is InChI=1S/C12H14N2O4/c1-7-8(2)14(17)11-6-9(12(15)18-3)4-5-10(11)13(7)16/h4-6,16-17H,1-3H3/q+2. The molecule has 2 aromatic rings. The van der Waals surface area contributed by atoms with Gasteiger partial charge in [0.05, 0.1) is 12.7 Å². The van der Waals surface area contributed by atoms with Gasteiger partial charge in [-0.1, -0.05) is 0 Å². The molecule has 0 aliphatic heterocycles. The highest BCUT2D eigenvalue weighted by atomic mass is 16.5. The first kappa shape index (κ1) is 12.1. The van der Waals surface area contributed by atoms with Crippen molar-refractivity contribution in [3.63, 3.8) is 0 Å². The van der Waals surface area contributed by atoms with Gasteiger partial charge >= 0.3 is 28.4 Å². The van der Waals surface area contributed by atoms with Crippen LogP contribution < -0.4 is 9.46 Å². The van der Waals surface area contributed by atoms with E-state index in [1.54, 1.807) is 19.9 Å². The molecule has 0 unspecified atom stereocenters. The van der Waals surface area contributed by atoms with Crippen LogP contribution in [-0.4, -0.2) is 23.5 Å². The largest absolute Gasteiger partial charge is 0.465 e. The van der Waals surface area contributed by atoms with Gasteiger partial charge in [0, 0.05) is 35.4 Å². The van der Waals surface area contributed by atoms with E-state index in [4.69, 9.17) is 0 Å². The Morgan fingerprint density at radius 3 is 2.22 bits per heavy atom. The van der Waals surface area contributed by atoms with Crippen LogP contribution in [0.25, 0.3) is 11.0 Å². The lowest BCUT2D eigenvalue weighted by atomic mass is 10.2. The van der Waals surface area contributed by atoms with Crippen molar-refractivity contribution in [3.8, 4) is 0 Å². The summed E-state index contributed by atoms with van der Waals surface area (Å²) in [4.78, 5) is 11.4. The van der Waals surface area contributed by atoms with Crippen molar-refractivity contribution < 1.29 is 29.4 Å². The molecule has 0 atom stereocenters. The average molecular weight is 250 g/mol. The number of carbonyl (C=O) groups is 1. The van der Waals surface area contributed by atoms with E-state index in [1.165, 1.54) is 19.2 Å². The van der Waals surface area contributed by atoms with Gasteiger partial charge < -0.3 is 4.74 Å². The van der Waals surface area contributed by atoms with Gasteiger partial charge in [-0.15, -0.1) is 0 Å². The summed E-state index contributed by atoms with van der Waals surface area (Å²) in [5.74, 6) is -0.500. The first-order valence-electron chi connectivity index (χ1n) is 5.35. The number of carbonyl (C=O) groups excluding carboxylic acids is 1. The molecule has 1 heterocycles. The number of ether oxygens (including phenoxy) is 1. The van der Waals surface area contributed by atoms with Crippen LogP contribution in [0, 0.1) is 13.8 Å². The van der Waals surface area contributed by atoms with Crippen molar-refractivity contribution in [1.29, 1.82) is 0 Å². The number of hydrogen-bond donors (Lipinski definition) is 2. The van der Waals surface area contributed by atoms with Gasteiger partial charge in [-0.2, -0.15) is 0 Å². The number of benzene rings is 1. The molecule has 0 radical (unpaired) electrons. The maximum absolute atomic E-state index is 11.4. The third-order valence-corrected chi connectivity index (χ3v) is 3.01. The van der Waals surface area contributed by atoms with Crippen LogP contribution in [0.4, 0.5) is 0 Å². The second-order valence-electron chi connectivity index (χ2n) is 3.99. The Hall–Kier alpha value is -2.37. The first-order valence-corrected chi connectivity index (χ1v) is 5.35. The molecule has 0 bridgehead atoms. The minimum atomic E-state index is -0.500. The van der Waals surface area contributed by atoms with Crippen molar-refractivity contribution in [3.05, 3.63) is 35.2 Å². The molecule has 2 rings (SSSR count). The second-order valence-corrected chi connectivity index (χ2v) is 3.99. The summed E-state index contributed by atoms with van der Waals surface area (Å²) in [5, 5.41) is 19.9. The topological polar surface area (TPSA) is 74.5 Å². The molecule has 0 aliphatic rings. The Bertz CT molecular complexity index is 652. The quantitative estimate of drug-likeness (QED) is 0.433. The number of aromatic nitrogens is 2. The van der Waals surface area contributed by atoms with Crippen LogP contribution >= 0.6 is 0 Å². The van der Waals surface area contributed by atoms with Crippen molar-refractivity contribution in [1.82, 2.24) is 0 Å². The van der Waals surface area contributed by atoms with Crippen LogP contribution in [0.5, 0.6) is 0 Å². The molecular formula is C12H14N2O4+2. The number of esters is 1. The Morgan fingerprint density at radius 2 is 1.67 bits per heavy atom. The highest BCUT2D eigenvalue weighted by Gasteiger charge is 2.29. The zero-order valence-electron chi connectivity index (χ0n) is 10.3. The van der Waals surface area contributed by atoms with Crippen LogP contribution in [0.3, 0.4) is 0 Å². The molecule has 0 amide bonds. The fraction of sp³-hybridized carbons (Fsp3) is 0.250. The summed E-state index contributed by atoms with van der Waals surface area (Å²) in [6.07, 6.45) is 0. The van der Waals surface area contributed by atoms with Gasteiger partial charge in [0.15, 0.2) is 0 Å². The van der Waals surface area contributed by atoms with E-state index in [2.05, 4.69) is 4.74 Å². The maximum atomic E-state index is 11.4. The highest BCUT2D eigenvalue weighted by molar-refractivity contribution is 5.92. The van der Waals surface area contributed by atoms with Crippen molar-refractivity contribution in [2.45, 2.75) is 13.8 Å². The normalized spacial score (nSPS) is 10.6. The van der Waals surface area contributed by atoms with E-state index >= 15 is 0 Å². The Labute approximate surface area is 103 Å². The van der Waals surface area contributed by atoms with Crippen molar-refractivity contribution >= 4 is 17.0 Å². The predicted molar refractivity (Wildman–Crippen MR) is 59.5 cm³/mol. The molecule has 2 N–H and O–H groups in total. The van der Waals surface area contributed by atoms with E-state index in [0.717, 1.165) is 9.46 Å². The Kier molecular flexibility index (Phi) is 2.78. The molecule has 18 heavy (non-hydrogen) atoms. The summed E-state index contributed by atoms with van der Waals surface area (Å²) < 4.78 is 6.52. The zero-order valence-corrected chi connectivity index (χ0v) is 10.3. The second kappa shape index (κ2) is 4.14. The smallest absolute Gasteiger partial charge is 0.338 e. The molecule has 6 nitrogen and oxygen atoms in total. The molecule has 6 heteroatoms. The molecule has 1 aromatic carbocycles. The predicted octanol–water partition coefficient (Wildman–Crippen LogP) is 0.293. The van der Waals surface area contributed by atoms with E-state index in [1.807, 2.05) is 0 Å². The van der Waals surface area contributed by atoms with Crippen LogP contribution in [0.2, 0.25) is 0 Å². The summed E-state index contributed by atoms with van der Waals surface area (Å²) in [7, 11) is 1.28. The van der Waals surface area contributed by atoms with Gasteiger partial charge in [0.2, 0.25) is 0 Å². The minimum Gasteiger partial charge on any atom is -0.465 e. The lowest BCUT2D eigenvalue weighted by molar-refractivity contribution is -0.926. The number of rotatable bonds is 1. The van der Waals surface area contributed by atoms with Gasteiger partial charge in [-0.05, 0) is 6.07 Å². The number of methoxy groups -OCH3 is 1. The third-order valence-electron chi connectivity index (χ3n) is 3.01. The average Bonchev–Trinajstić information content (AvgIpc) is 2.41. The van der Waals surface area contributed by atoms with E-state index in [0.29, 0.717) is 28.0 Å². The molecule has 0 fully saturated rings. The summed E-state index contributed by atoms with van der Waals surface area (Å²) >= 11 is 0. The van der Waals surface area contributed by atoms with Gasteiger partial charge in [0.25, 0.3) is 0 Å². The third kappa shape index (κ3) is 1.62. The lowest BCUT2D eigenvalue weighted by Crippen LogP contribution is -2.46. The SMILES string of the molecule is COC(=O)c1ccc2c(c1)[n+](O)c(C)c(C)[n+]2O. The van der Waals surface area contributed by atoms with Crippen LogP contribution in [0.1, 0.15) is 21.7 Å². The fourth-order valence-corrected chi connectivity index (χ4v) is 1.78. The fourth-order valence-electron chi connectivity index (χ4n) is 1.78. The molecule has 0 aliphatic carbocycles. The van der Waals surface area contributed by atoms with Crippen molar-refractivity contribution in [2.24, 2.45) is 0 Å². The summed E-state index contributed by atoms with van der Waals surface area (Å²) in [6.45, 7) is 3.34. The summed E-state index contributed by atoms with van der Waals surface area (Å²) in [5.41, 5.74) is 2.01. The number of nitrogens with zero attached hydrogens (tertiary/aromatic N) is 2. The number of fused-ring (bicyclic) bond motifs is 1. The summed E-state index contributed by atoms with van der Waals surface area (Å²) in [6, 6.07) is 4.52. The molecule has 94 valence electrons. The Balaban J connectivity index is 2.82. The minimum absolute atomic E-state index is 0.302.